The number of imidazole rings is 1. The quantitative estimate of drug-likeness (QED) is 0.132. The molecule has 3 saturated heterocycles. The van der Waals surface area contributed by atoms with Gasteiger partial charge in [0.25, 0.3) is 11.1 Å². The van der Waals surface area contributed by atoms with E-state index in [2.05, 4.69) is 24.9 Å². The number of anilines is 2. The van der Waals surface area contributed by atoms with E-state index in [-0.39, 0.29) is 47.4 Å². The first kappa shape index (κ1) is 38.5. The summed E-state index contributed by atoms with van der Waals surface area (Å²) in [5, 5.41) is 29.3. The van der Waals surface area contributed by atoms with E-state index in [1.807, 2.05) is 20.8 Å². The van der Waals surface area contributed by atoms with Crippen LogP contribution < -0.4 is 34.0 Å². The van der Waals surface area contributed by atoms with Crippen LogP contribution in [0.4, 0.5) is 11.8 Å². The Morgan fingerprint density at radius 1 is 0.769 bits per heavy atom. The fourth-order valence-electron chi connectivity index (χ4n) is 6.36. The SMILES string of the molecule is CC[C@@H]1O[C@H](n2cc(C)c(=O)[nH]c2=O)C[C@H]1O.CC[C@@H]1O[C@H](n2ccc(N)nc2=O)C[C@H]1O.CC[C@@H]1O[C@H](n2cnc3c(=O)[nH]c(N)nc32)C[C@H]1O. The second-order valence-electron chi connectivity index (χ2n) is 12.8. The number of aromatic amines is 2. The van der Waals surface area contributed by atoms with Gasteiger partial charge in [0.2, 0.25) is 5.95 Å². The standard InChI is InChI=1S/C11H15N5O3.C11H16N2O4.C10H15N3O3/c1-2-6-5(17)3-7(19-6)16-4-13-8-9(16)14-11(12)15-10(8)18;1-3-8-7(14)4-9(17-8)13-5-6(2)10(15)12-11(13)16;1-2-7-6(14)5-9(16-7)13-4-3-8(11)12-10(13)15/h4-7,17H,2-3H2,1H3,(H3,12,14,15,18);5,7-9,14H,3-4H2,1-2H3,(H,12,15,16);3-4,6-7,9,14H,2,5H2,1H3,(H2,11,12,15)/t5-,6+,7+;7-,8+,9+;6-,7+,9+/m111/s1. The molecule has 20 heteroatoms. The van der Waals surface area contributed by atoms with E-state index >= 15 is 0 Å². The Morgan fingerprint density at radius 2 is 1.29 bits per heavy atom. The van der Waals surface area contributed by atoms with Crippen molar-refractivity contribution in [3.63, 3.8) is 0 Å². The minimum atomic E-state index is -0.566. The van der Waals surface area contributed by atoms with Gasteiger partial charge in [-0.25, -0.2) is 14.6 Å². The Bertz CT molecular complexity index is 2080. The summed E-state index contributed by atoms with van der Waals surface area (Å²) in [7, 11) is 0. The number of aliphatic hydroxyl groups excluding tert-OH is 3. The molecule has 0 aromatic carbocycles. The van der Waals surface area contributed by atoms with E-state index in [0.717, 1.165) is 12.8 Å². The molecular weight excluding hydrogens is 684 g/mol. The van der Waals surface area contributed by atoms with Crippen LogP contribution in [0, 0.1) is 6.92 Å². The zero-order chi connectivity index (χ0) is 37.9. The Morgan fingerprint density at radius 3 is 1.79 bits per heavy atom. The number of nitrogens with zero attached hydrogens (tertiary/aromatic N) is 6. The van der Waals surface area contributed by atoms with Gasteiger partial charge in [-0.05, 0) is 32.3 Å². The molecule has 0 aliphatic carbocycles. The predicted molar refractivity (Wildman–Crippen MR) is 186 cm³/mol. The average Bonchev–Trinajstić information content (AvgIpc) is 3.88. The molecule has 7 heterocycles. The van der Waals surface area contributed by atoms with Crippen LogP contribution in [0.5, 0.6) is 0 Å². The lowest BCUT2D eigenvalue weighted by Gasteiger charge is -2.14. The molecule has 4 aromatic rings. The normalized spacial score (nSPS) is 28.3. The molecule has 0 bridgehead atoms. The summed E-state index contributed by atoms with van der Waals surface area (Å²) in [6, 6.07) is 1.54. The molecular formula is C32H46N10O10. The highest BCUT2D eigenvalue weighted by Gasteiger charge is 2.36. The molecule has 20 nitrogen and oxygen atoms in total. The molecule has 52 heavy (non-hydrogen) atoms. The molecule has 9 N–H and O–H groups in total. The number of ether oxygens (including phenoxy) is 3. The molecule has 3 aliphatic heterocycles. The van der Waals surface area contributed by atoms with Crippen LogP contribution in [0.1, 0.15) is 83.5 Å². The lowest BCUT2D eigenvalue weighted by molar-refractivity contribution is -0.0218. The number of aliphatic hydroxyl groups is 3. The lowest BCUT2D eigenvalue weighted by Crippen LogP contribution is -2.33. The number of hydrogen-bond donors (Lipinski definition) is 7. The third kappa shape index (κ3) is 8.32. The summed E-state index contributed by atoms with van der Waals surface area (Å²) in [5.74, 6) is 0.219. The minimum Gasteiger partial charge on any atom is -0.390 e. The molecule has 284 valence electrons. The van der Waals surface area contributed by atoms with Crippen molar-refractivity contribution in [3.05, 3.63) is 72.0 Å². The Balaban J connectivity index is 0.000000151. The predicted octanol–water partition coefficient (Wildman–Crippen LogP) is -0.452. The molecule has 9 atom stereocenters. The number of aryl methyl sites for hydroxylation is 1. The number of nitrogens with two attached hydrogens (primary N) is 2. The first-order valence-electron chi connectivity index (χ1n) is 17.1. The van der Waals surface area contributed by atoms with Gasteiger partial charge in [-0.1, -0.05) is 20.8 Å². The Kier molecular flexibility index (Phi) is 12.1. The van der Waals surface area contributed by atoms with Gasteiger partial charge in [0.15, 0.2) is 11.2 Å². The summed E-state index contributed by atoms with van der Waals surface area (Å²) in [5.41, 5.74) is 10.2. The van der Waals surface area contributed by atoms with Crippen LogP contribution in [-0.4, -0.2) is 90.6 Å². The van der Waals surface area contributed by atoms with Crippen LogP contribution in [0.25, 0.3) is 11.2 Å². The lowest BCUT2D eigenvalue weighted by atomic mass is 10.1. The molecule has 0 unspecified atom stereocenters. The molecule has 0 radical (unpaired) electrons. The van der Waals surface area contributed by atoms with Gasteiger partial charge in [0.05, 0.1) is 43.0 Å². The minimum absolute atomic E-state index is 0.0323. The monoisotopic (exact) mass is 730 g/mol. The molecule has 3 fully saturated rings. The van der Waals surface area contributed by atoms with E-state index in [1.165, 1.54) is 27.7 Å². The zero-order valence-electron chi connectivity index (χ0n) is 29.3. The molecule has 4 aromatic heterocycles. The number of rotatable bonds is 6. The molecule has 0 amide bonds. The number of fused-ring (bicyclic) bond motifs is 1. The van der Waals surface area contributed by atoms with Gasteiger partial charge >= 0.3 is 11.4 Å². The smallest absolute Gasteiger partial charge is 0.351 e. The maximum absolute atomic E-state index is 11.7. The maximum atomic E-state index is 11.7. The van der Waals surface area contributed by atoms with Gasteiger partial charge in [0.1, 0.15) is 24.5 Å². The van der Waals surface area contributed by atoms with Crippen molar-refractivity contribution in [2.75, 3.05) is 11.5 Å². The summed E-state index contributed by atoms with van der Waals surface area (Å²) in [6.07, 6.45) is 4.23. The van der Waals surface area contributed by atoms with Crippen molar-refractivity contribution >= 4 is 22.9 Å². The van der Waals surface area contributed by atoms with Crippen molar-refractivity contribution in [2.45, 2.75) is 122 Å². The van der Waals surface area contributed by atoms with Gasteiger partial charge < -0.3 is 41.0 Å². The number of nitrogens with one attached hydrogen (secondary N) is 2. The summed E-state index contributed by atoms with van der Waals surface area (Å²) in [6.45, 7) is 7.41. The molecule has 0 saturated carbocycles. The maximum Gasteiger partial charge on any atom is 0.351 e. The number of H-pyrrole nitrogens is 2. The van der Waals surface area contributed by atoms with Gasteiger partial charge in [0, 0.05) is 37.2 Å². The molecule has 7 rings (SSSR count). The first-order chi connectivity index (χ1) is 24.7. The van der Waals surface area contributed by atoms with Crippen molar-refractivity contribution in [1.29, 1.82) is 0 Å². The third-order valence-corrected chi connectivity index (χ3v) is 9.20. The van der Waals surface area contributed by atoms with Crippen LogP contribution in [0.15, 0.2) is 44.0 Å². The fourth-order valence-corrected chi connectivity index (χ4v) is 6.36. The van der Waals surface area contributed by atoms with Crippen molar-refractivity contribution in [1.82, 2.24) is 38.6 Å². The first-order valence-corrected chi connectivity index (χ1v) is 17.1. The molecule has 3 aliphatic rings. The number of nitrogen functional groups attached to an aromatic ring is 2. The average molecular weight is 731 g/mol. The highest BCUT2D eigenvalue weighted by Crippen LogP contribution is 2.32. The van der Waals surface area contributed by atoms with Crippen LogP contribution in [0.3, 0.4) is 0 Å². The van der Waals surface area contributed by atoms with Gasteiger partial charge in [-0.3, -0.25) is 33.3 Å². The van der Waals surface area contributed by atoms with Gasteiger partial charge in [-0.2, -0.15) is 9.97 Å². The van der Waals surface area contributed by atoms with Crippen LogP contribution in [-0.2, 0) is 14.2 Å². The number of hydrogen-bond acceptors (Lipinski definition) is 15. The van der Waals surface area contributed by atoms with E-state index in [9.17, 15) is 34.5 Å². The number of aromatic nitrogens is 8. The Hall–Kier alpha value is -4.73. The highest BCUT2D eigenvalue weighted by molar-refractivity contribution is 5.70. The highest BCUT2D eigenvalue weighted by atomic mass is 16.5. The van der Waals surface area contributed by atoms with Crippen LogP contribution >= 0.6 is 0 Å². The van der Waals surface area contributed by atoms with Crippen LogP contribution in [0.2, 0.25) is 0 Å². The summed E-state index contributed by atoms with van der Waals surface area (Å²) < 4.78 is 21.2. The van der Waals surface area contributed by atoms with Crippen molar-refractivity contribution in [2.24, 2.45) is 0 Å². The van der Waals surface area contributed by atoms with E-state index < -0.39 is 47.7 Å². The van der Waals surface area contributed by atoms with Crippen molar-refractivity contribution < 1.29 is 29.5 Å². The Labute approximate surface area is 296 Å². The van der Waals surface area contributed by atoms with Crippen molar-refractivity contribution in [3.8, 4) is 0 Å². The summed E-state index contributed by atoms with van der Waals surface area (Å²) >= 11 is 0. The molecule has 0 spiro atoms. The van der Waals surface area contributed by atoms with E-state index in [4.69, 9.17) is 25.7 Å². The fraction of sp³-hybridized carbons (Fsp3) is 0.594. The van der Waals surface area contributed by atoms with E-state index in [1.54, 1.807) is 17.7 Å². The van der Waals surface area contributed by atoms with E-state index in [0.29, 0.717) is 36.9 Å². The largest absolute Gasteiger partial charge is 0.390 e. The summed E-state index contributed by atoms with van der Waals surface area (Å²) in [4.78, 5) is 62.4. The third-order valence-electron chi connectivity index (χ3n) is 9.20. The topological polar surface area (TPSA) is 294 Å². The van der Waals surface area contributed by atoms with Gasteiger partial charge in [-0.15, -0.1) is 0 Å². The second kappa shape index (κ2) is 16.3. The zero-order valence-corrected chi connectivity index (χ0v) is 29.3. The second-order valence-corrected chi connectivity index (χ2v) is 12.8.